The number of rotatable bonds is 8. The summed E-state index contributed by atoms with van der Waals surface area (Å²) in [5.74, 6) is 0.269. The molecule has 1 rings (SSSR count). The highest BCUT2D eigenvalue weighted by Crippen LogP contribution is 2.24. The van der Waals surface area contributed by atoms with E-state index in [2.05, 4.69) is 33.0 Å². The average molecular weight is 279 g/mol. The number of carboxylic acid groups (broad SMARTS) is 1. The van der Waals surface area contributed by atoms with E-state index in [9.17, 15) is 4.79 Å². The number of carbonyl (C=O) groups is 1. The Balaban J connectivity index is 2.31. The monoisotopic (exact) mass is 279 g/mol. The largest absolute Gasteiger partial charge is 0.492 e. The molecule has 20 heavy (non-hydrogen) atoms. The third kappa shape index (κ3) is 5.21. The molecule has 0 unspecified atom stereocenters. The fourth-order valence-corrected chi connectivity index (χ4v) is 1.57. The van der Waals surface area contributed by atoms with Crippen LogP contribution in [0.5, 0.6) is 5.75 Å². The van der Waals surface area contributed by atoms with Crippen molar-refractivity contribution in [3.8, 4) is 5.75 Å². The van der Waals surface area contributed by atoms with E-state index in [-0.39, 0.29) is 11.0 Å². The quantitative estimate of drug-likeness (QED) is 0.718. The normalized spacial score (nSPS) is 11.7. The summed E-state index contributed by atoms with van der Waals surface area (Å²) >= 11 is 0. The first-order valence-corrected chi connectivity index (χ1v) is 7.00. The van der Waals surface area contributed by atoms with Crippen molar-refractivity contribution in [2.45, 2.75) is 27.7 Å². The molecule has 112 valence electrons. The first kappa shape index (κ1) is 16.5. The van der Waals surface area contributed by atoms with Crippen LogP contribution >= 0.6 is 0 Å². The molecule has 0 aliphatic heterocycles. The van der Waals surface area contributed by atoms with Gasteiger partial charge in [-0.3, -0.25) is 0 Å². The van der Waals surface area contributed by atoms with Gasteiger partial charge in [0.25, 0.3) is 0 Å². The maximum absolute atomic E-state index is 10.8. The number of carboxylic acids is 1. The lowest BCUT2D eigenvalue weighted by molar-refractivity contribution is 0.0696. The van der Waals surface area contributed by atoms with Gasteiger partial charge in [0.2, 0.25) is 0 Å². The molecule has 4 nitrogen and oxygen atoms in total. The second-order valence-corrected chi connectivity index (χ2v) is 6.00. The number of aromatic carboxylic acids is 1. The van der Waals surface area contributed by atoms with Gasteiger partial charge in [0.05, 0.1) is 5.56 Å². The standard InChI is InChI=1S/C16H25NO3/c1-12(2)16(3,4)11-17-8-9-20-14-7-5-6-13(10-14)15(18)19/h5-7,10,12,17H,8-9,11H2,1-4H3,(H,18,19). The third-order valence-electron chi connectivity index (χ3n) is 3.77. The molecule has 0 fully saturated rings. The number of hydrogen-bond donors (Lipinski definition) is 2. The van der Waals surface area contributed by atoms with E-state index in [1.807, 2.05) is 0 Å². The van der Waals surface area contributed by atoms with Crippen LogP contribution in [0.15, 0.2) is 24.3 Å². The molecule has 2 N–H and O–H groups in total. The molecular weight excluding hydrogens is 254 g/mol. The summed E-state index contributed by atoms with van der Waals surface area (Å²) in [6, 6.07) is 6.55. The topological polar surface area (TPSA) is 58.6 Å². The van der Waals surface area contributed by atoms with Crippen molar-refractivity contribution in [3.05, 3.63) is 29.8 Å². The van der Waals surface area contributed by atoms with Crippen molar-refractivity contribution in [1.82, 2.24) is 5.32 Å². The zero-order chi connectivity index (χ0) is 15.2. The number of ether oxygens (including phenoxy) is 1. The van der Waals surface area contributed by atoms with Crippen LogP contribution in [-0.4, -0.2) is 30.8 Å². The van der Waals surface area contributed by atoms with Crippen molar-refractivity contribution in [2.75, 3.05) is 19.7 Å². The van der Waals surface area contributed by atoms with Crippen LogP contribution in [-0.2, 0) is 0 Å². The third-order valence-corrected chi connectivity index (χ3v) is 3.77. The highest BCUT2D eigenvalue weighted by molar-refractivity contribution is 5.87. The molecule has 0 atom stereocenters. The zero-order valence-corrected chi connectivity index (χ0v) is 12.8. The van der Waals surface area contributed by atoms with Gasteiger partial charge in [0.1, 0.15) is 12.4 Å². The number of nitrogens with one attached hydrogen (secondary N) is 1. The number of benzene rings is 1. The first-order valence-electron chi connectivity index (χ1n) is 7.00. The Bertz CT molecular complexity index is 441. The van der Waals surface area contributed by atoms with Gasteiger partial charge in [0.15, 0.2) is 0 Å². The van der Waals surface area contributed by atoms with Crippen LogP contribution in [0.1, 0.15) is 38.1 Å². The Kier molecular flexibility index (Phi) is 6.02. The summed E-state index contributed by atoms with van der Waals surface area (Å²) in [5, 5.41) is 12.3. The maximum atomic E-state index is 10.8. The molecule has 0 aliphatic rings. The second-order valence-electron chi connectivity index (χ2n) is 6.00. The summed E-state index contributed by atoms with van der Waals surface area (Å²) < 4.78 is 5.55. The Hall–Kier alpha value is -1.55. The van der Waals surface area contributed by atoms with E-state index in [0.29, 0.717) is 18.3 Å². The SMILES string of the molecule is CC(C)C(C)(C)CNCCOc1cccc(C(=O)O)c1. The van der Waals surface area contributed by atoms with Crippen LogP contribution in [0.2, 0.25) is 0 Å². The Morgan fingerprint density at radius 2 is 2.10 bits per heavy atom. The minimum absolute atomic E-state index is 0.247. The summed E-state index contributed by atoms with van der Waals surface area (Å²) in [5.41, 5.74) is 0.500. The molecule has 0 aromatic heterocycles. The van der Waals surface area contributed by atoms with Crippen LogP contribution in [0, 0.1) is 11.3 Å². The highest BCUT2D eigenvalue weighted by atomic mass is 16.5. The van der Waals surface area contributed by atoms with E-state index < -0.39 is 5.97 Å². The van der Waals surface area contributed by atoms with Gasteiger partial charge in [-0.25, -0.2) is 4.79 Å². The lowest BCUT2D eigenvalue weighted by atomic mass is 9.81. The van der Waals surface area contributed by atoms with Crippen molar-refractivity contribution in [2.24, 2.45) is 11.3 Å². The van der Waals surface area contributed by atoms with Crippen molar-refractivity contribution in [3.63, 3.8) is 0 Å². The minimum atomic E-state index is -0.938. The summed E-state index contributed by atoms with van der Waals surface area (Å²) in [7, 11) is 0. The first-order chi connectivity index (χ1) is 9.33. The van der Waals surface area contributed by atoms with Crippen molar-refractivity contribution < 1.29 is 14.6 Å². The molecule has 0 spiro atoms. The Labute approximate surface area is 121 Å². The van der Waals surface area contributed by atoms with E-state index >= 15 is 0 Å². The molecule has 0 aliphatic carbocycles. The van der Waals surface area contributed by atoms with Gasteiger partial charge in [-0.1, -0.05) is 33.8 Å². The number of hydrogen-bond acceptors (Lipinski definition) is 3. The fourth-order valence-electron chi connectivity index (χ4n) is 1.57. The van der Waals surface area contributed by atoms with Crippen LogP contribution in [0.4, 0.5) is 0 Å². The maximum Gasteiger partial charge on any atom is 0.335 e. The van der Waals surface area contributed by atoms with E-state index in [1.54, 1.807) is 24.3 Å². The van der Waals surface area contributed by atoms with Gasteiger partial charge in [-0.2, -0.15) is 0 Å². The molecule has 0 amide bonds. The molecule has 0 radical (unpaired) electrons. The summed E-state index contributed by atoms with van der Waals surface area (Å²) in [6.07, 6.45) is 0. The van der Waals surface area contributed by atoms with Crippen LogP contribution < -0.4 is 10.1 Å². The molecular formula is C16H25NO3. The minimum Gasteiger partial charge on any atom is -0.492 e. The zero-order valence-electron chi connectivity index (χ0n) is 12.8. The van der Waals surface area contributed by atoms with Gasteiger partial charge >= 0.3 is 5.97 Å². The Morgan fingerprint density at radius 3 is 2.70 bits per heavy atom. The van der Waals surface area contributed by atoms with Crippen molar-refractivity contribution in [1.29, 1.82) is 0 Å². The smallest absolute Gasteiger partial charge is 0.335 e. The van der Waals surface area contributed by atoms with Gasteiger partial charge in [0, 0.05) is 13.1 Å². The van der Waals surface area contributed by atoms with Gasteiger partial charge in [-0.15, -0.1) is 0 Å². The molecule has 1 aromatic rings. The highest BCUT2D eigenvalue weighted by Gasteiger charge is 2.21. The van der Waals surface area contributed by atoms with Crippen molar-refractivity contribution >= 4 is 5.97 Å². The molecule has 0 saturated carbocycles. The average Bonchev–Trinajstić information content (AvgIpc) is 2.38. The predicted octanol–water partition coefficient (Wildman–Crippen LogP) is 3.04. The van der Waals surface area contributed by atoms with Crippen LogP contribution in [0.3, 0.4) is 0 Å². The second kappa shape index (κ2) is 7.29. The molecule has 1 aromatic carbocycles. The van der Waals surface area contributed by atoms with Gasteiger partial charge in [-0.05, 0) is 29.5 Å². The van der Waals surface area contributed by atoms with Gasteiger partial charge < -0.3 is 15.2 Å². The molecule has 4 heteroatoms. The summed E-state index contributed by atoms with van der Waals surface area (Å²) in [4.78, 5) is 10.8. The lowest BCUT2D eigenvalue weighted by Gasteiger charge is -2.29. The lowest BCUT2D eigenvalue weighted by Crippen LogP contribution is -2.35. The Morgan fingerprint density at radius 1 is 1.40 bits per heavy atom. The van der Waals surface area contributed by atoms with Crippen LogP contribution in [0.25, 0.3) is 0 Å². The van der Waals surface area contributed by atoms with E-state index in [4.69, 9.17) is 9.84 Å². The van der Waals surface area contributed by atoms with E-state index in [0.717, 1.165) is 13.1 Å². The molecule has 0 bridgehead atoms. The fraction of sp³-hybridized carbons (Fsp3) is 0.562. The molecule has 0 heterocycles. The summed E-state index contributed by atoms with van der Waals surface area (Å²) in [6.45, 7) is 11.1. The van der Waals surface area contributed by atoms with E-state index in [1.165, 1.54) is 0 Å². The molecule has 0 saturated heterocycles. The predicted molar refractivity (Wildman–Crippen MR) is 80.4 cm³/mol.